The third-order valence-corrected chi connectivity index (χ3v) is 3.93. The second-order valence-corrected chi connectivity index (χ2v) is 5.67. The Balaban J connectivity index is 1.79. The Morgan fingerprint density at radius 3 is 2.44 bits per heavy atom. The van der Waals surface area contributed by atoms with Crippen LogP contribution in [0.25, 0.3) is 0 Å². The first kappa shape index (κ1) is 11.9. The van der Waals surface area contributed by atoms with Gasteiger partial charge in [-0.15, -0.1) is 0 Å². The van der Waals surface area contributed by atoms with Crippen LogP contribution < -0.4 is 5.32 Å². The largest absolute Gasteiger partial charge is 0.300 e. The van der Waals surface area contributed by atoms with Gasteiger partial charge >= 0.3 is 0 Å². The third-order valence-electron chi connectivity index (χ3n) is 3.93. The van der Waals surface area contributed by atoms with Gasteiger partial charge in [-0.1, -0.05) is 6.42 Å². The summed E-state index contributed by atoms with van der Waals surface area (Å²) in [6.07, 6.45) is 4.25. The van der Waals surface area contributed by atoms with Crippen molar-refractivity contribution in [3.63, 3.8) is 0 Å². The van der Waals surface area contributed by atoms with Crippen LogP contribution in [0.15, 0.2) is 0 Å². The summed E-state index contributed by atoms with van der Waals surface area (Å²) in [6, 6.07) is 2.77. The molecule has 2 aliphatic rings. The third kappa shape index (κ3) is 2.75. The van der Waals surface area contributed by atoms with Crippen molar-refractivity contribution in [3.05, 3.63) is 0 Å². The van der Waals surface area contributed by atoms with E-state index in [1.165, 1.54) is 32.4 Å². The average Bonchev–Trinajstić information content (AvgIpc) is 2.75. The van der Waals surface area contributed by atoms with Crippen LogP contribution in [0.3, 0.4) is 0 Å². The van der Waals surface area contributed by atoms with Crippen LogP contribution in [0.5, 0.6) is 0 Å². The number of nitrogens with one attached hydrogen (secondary N) is 1. The van der Waals surface area contributed by atoms with E-state index in [0.717, 1.165) is 18.4 Å². The fourth-order valence-corrected chi connectivity index (χ4v) is 3.27. The Labute approximate surface area is 98.8 Å². The van der Waals surface area contributed by atoms with Crippen LogP contribution in [0.2, 0.25) is 0 Å². The molecule has 90 valence electrons. The normalized spacial score (nSPS) is 31.6. The van der Waals surface area contributed by atoms with Crippen LogP contribution in [0.1, 0.15) is 33.1 Å². The lowest BCUT2D eigenvalue weighted by Crippen LogP contribution is -2.42. The maximum absolute atomic E-state index is 9.10. The Morgan fingerprint density at radius 2 is 1.94 bits per heavy atom. The molecule has 0 amide bonds. The van der Waals surface area contributed by atoms with E-state index in [2.05, 4.69) is 30.1 Å². The van der Waals surface area contributed by atoms with Gasteiger partial charge < -0.3 is 4.90 Å². The highest BCUT2D eigenvalue weighted by atomic mass is 15.2. The molecule has 0 bridgehead atoms. The number of hydrogen-bond acceptors (Lipinski definition) is 3. The van der Waals surface area contributed by atoms with Crippen LogP contribution in [0, 0.1) is 23.2 Å². The Bertz CT molecular complexity index is 257. The standard InChI is InChI=1S/C13H23N3/c1-10(2)15-13(6-14)9-16-7-11-4-3-5-12(11)8-16/h10-13,15H,3-5,7-9H2,1-2H3. The van der Waals surface area contributed by atoms with Crippen molar-refractivity contribution in [2.75, 3.05) is 19.6 Å². The quantitative estimate of drug-likeness (QED) is 0.784. The van der Waals surface area contributed by atoms with Crippen LogP contribution in [0.4, 0.5) is 0 Å². The zero-order chi connectivity index (χ0) is 11.5. The molecule has 1 aliphatic carbocycles. The van der Waals surface area contributed by atoms with Gasteiger partial charge in [-0.25, -0.2) is 0 Å². The Morgan fingerprint density at radius 1 is 1.31 bits per heavy atom. The summed E-state index contributed by atoms with van der Waals surface area (Å²) in [5.41, 5.74) is 0. The first-order valence-electron chi connectivity index (χ1n) is 6.57. The Hall–Kier alpha value is -0.590. The molecule has 0 spiro atoms. The minimum atomic E-state index is -0.00109. The molecule has 2 fully saturated rings. The summed E-state index contributed by atoms with van der Waals surface area (Å²) < 4.78 is 0. The van der Waals surface area contributed by atoms with E-state index < -0.39 is 0 Å². The van der Waals surface area contributed by atoms with E-state index in [1.54, 1.807) is 0 Å². The summed E-state index contributed by atoms with van der Waals surface area (Å²) >= 11 is 0. The number of fused-ring (bicyclic) bond motifs is 1. The molecular formula is C13H23N3. The lowest BCUT2D eigenvalue weighted by atomic mass is 10.0. The number of likely N-dealkylation sites (tertiary alicyclic amines) is 1. The molecule has 3 atom stereocenters. The zero-order valence-corrected chi connectivity index (χ0v) is 10.4. The highest BCUT2D eigenvalue weighted by Crippen LogP contribution is 2.37. The molecule has 1 N–H and O–H groups in total. The molecule has 0 aromatic carbocycles. The lowest BCUT2D eigenvalue weighted by Gasteiger charge is -2.22. The van der Waals surface area contributed by atoms with Crippen molar-refractivity contribution < 1.29 is 0 Å². The smallest absolute Gasteiger partial charge is 0.108 e. The van der Waals surface area contributed by atoms with Crippen molar-refractivity contribution >= 4 is 0 Å². The fraction of sp³-hybridized carbons (Fsp3) is 0.923. The highest BCUT2D eigenvalue weighted by Gasteiger charge is 2.36. The summed E-state index contributed by atoms with van der Waals surface area (Å²) in [6.45, 7) is 7.55. The van der Waals surface area contributed by atoms with E-state index >= 15 is 0 Å². The Kier molecular flexibility index (Phi) is 3.83. The van der Waals surface area contributed by atoms with Crippen LogP contribution in [-0.2, 0) is 0 Å². The van der Waals surface area contributed by atoms with E-state index in [1.807, 2.05) is 0 Å². The van der Waals surface area contributed by atoms with E-state index in [4.69, 9.17) is 5.26 Å². The molecule has 3 nitrogen and oxygen atoms in total. The summed E-state index contributed by atoms with van der Waals surface area (Å²) in [7, 11) is 0. The van der Waals surface area contributed by atoms with Crippen LogP contribution >= 0.6 is 0 Å². The summed E-state index contributed by atoms with van der Waals surface area (Å²) in [5.74, 6) is 1.86. The van der Waals surface area contributed by atoms with Crippen molar-refractivity contribution in [2.24, 2.45) is 11.8 Å². The number of hydrogen-bond donors (Lipinski definition) is 1. The average molecular weight is 221 g/mol. The molecule has 0 radical (unpaired) electrons. The molecule has 1 saturated carbocycles. The van der Waals surface area contributed by atoms with E-state index in [0.29, 0.717) is 6.04 Å². The molecule has 16 heavy (non-hydrogen) atoms. The number of nitrogens with zero attached hydrogens (tertiary/aromatic N) is 2. The molecule has 3 unspecified atom stereocenters. The van der Waals surface area contributed by atoms with Gasteiger partial charge in [0.15, 0.2) is 0 Å². The minimum absolute atomic E-state index is 0.00109. The van der Waals surface area contributed by atoms with Crippen molar-refractivity contribution in [1.82, 2.24) is 10.2 Å². The van der Waals surface area contributed by atoms with Gasteiger partial charge in [0, 0.05) is 25.7 Å². The number of nitriles is 1. The maximum Gasteiger partial charge on any atom is 0.108 e. The SMILES string of the molecule is CC(C)NC(C#N)CN1CC2CCCC2C1. The predicted octanol–water partition coefficient (Wildman–Crippen LogP) is 1.61. The van der Waals surface area contributed by atoms with E-state index in [-0.39, 0.29) is 6.04 Å². The molecule has 0 aromatic heterocycles. The van der Waals surface area contributed by atoms with Crippen LogP contribution in [-0.4, -0.2) is 36.6 Å². The topological polar surface area (TPSA) is 39.1 Å². The molecular weight excluding hydrogens is 198 g/mol. The first-order valence-corrected chi connectivity index (χ1v) is 6.57. The second kappa shape index (κ2) is 5.16. The zero-order valence-electron chi connectivity index (χ0n) is 10.4. The van der Waals surface area contributed by atoms with Gasteiger partial charge in [-0.3, -0.25) is 5.32 Å². The molecule has 1 heterocycles. The van der Waals surface area contributed by atoms with Gasteiger partial charge in [0.25, 0.3) is 0 Å². The van der Waals surface area contributed by atoms with Gasteiger partial charge in [0.2, 0.25) is 0 Å². The molecule has 0 aromatic rings. The highest BCUT2D eigenvalue weighted by molar-refractivity contribution is 4.96. The lowest BCUT2D eigenvalue weighted by molar-refractivity contribution is 0.285. The van der Waals surface area contributed by atoms with Gasteiger partial charge in [-0.05, 0) is 38.5 Å². The van der Waals surface area contributed by atoms with Gasteiger partial charge in [0.1, 0.15) is 6.04 Å². The maximum atomic E-state index is 9.10. The minimum Gasteiger partial charge on any atom is -0.300 e. The van der Waals surface area contributed by atoms with Crippen molar-refractivity contribution in [2.45, 2.75) is 45.2 Å². The van der Waals surface area contributed by atoms with E-state index in [9.17, 15) is 0 Å². The van der Waals surface area contributed by atoms with Gasteiger partial charge in [0.05, 0.1) is 6.07 Å². The molecule has 3 heteroatoms. The molecule has 1 saturated heterocycles. The number of rotatable bonds is 4. The fourth-order valence-electron chi connectivity index (χ4n) is 3.27. The summed E-state index contributed by atoms with van der Waals surface area (Å²) in [5, 5.41) is 12.4. The predicted molar refractivity (Wildman–Crippen MR) is 64.9 cm³/mol. The summed E-state index contributed by atoms with van der Waals surface area (Å²) in [4.78, 5) is 2.48. The molecule has 1 aliphatic heterocycles. The molecule has 2 rings (SSSR count). The first-order chi connectivity index (χ1) is 7.69. The van der Waals surface area contributed by atoms with Gasteiger partial charge in [-0.2, -0.15) is 5.26 Å². The van der Waals surface area contributed by atoms with Crippen molar-refractivity contribution in [1.29, 1.82) is 5.26 Å². The van der Waals surface area contributed by atoms with Crippen molar-refractivity contribution in [3.8, 4) is 6.07 Å². The monoisotopic (exact) mass is 221 g/mol. The second-order valence-electron chi connectivity index (χ2n) is 5.67.